The molecule has 156 valence electrons. The van der Waals surface area contributed by atoms with Crippen LogP contribution in [0, 0.1) is 0 Å². The zero-order valence-corrected chi connectivity index (χ0v) is 16.6. The van der Waals surface area contributed by atoms with E-state index in [1.807, 2.05) is 38.2 Å². The van der Waals surface area contributed by atoms with Crippen LogP contribution in [-0.2, 0) is 22.5 Å². The summed E-state index contributed by atoms with van der Waals surface area (Å²) in [5.41, 5.74) is 2.38. The highest BCUT2D eigenvalue weighted by molar-refractivity contribution is 6.03. The van der Waals surface area contributed by atoms with E-state index >= 15 is 0 Å². The summed E-state index contributed by atoms with van der Waals surface area (Å²) in [7, 11) is 1.81. The van der Waals surface area contributed by atoms with Gasteiger partial charge >= 0.3 is 6.18 Å². The van der Waals surface area contributed by atoms with Crippen LogP contribution in [0.4, 0.5) is 13.2 Å². The lowest BCUT2D eigenvalue weighted by Gasteiger charge is -2.11. The lowest BCUT2D eigenvalue weighted by Crippen LogP contribution is -2.21. The summed E-state index contributed by atoms with van der Waals surface area (Å²) < 4.78 is 38.6. The maximum Gasteiger partial charge on any atom is 0.416 e. The van der Waals surface area contributed by atoms with Gasteiger partial charge in [0.05, 0.1) is 11.3 Å². The first kappa shape index (κ1) is 22.4. The van der Waals surface area contributed by atoms with Gasteiger partial charge in [-0.25, -0.2) is 0 Å². The fraction of sp³-hybridized carbons (Fsp3) is 0.333. The van der Waals surface area contributed by atoms with Crippen molar-refractivity contribution in [2.45, 2.75) is 26.6 Å². The molecule has 29 heavy (non-hydrogen) atoms. The Morgan fingerprint density at radius 2 is 1.79 bits per heavy atom. The van der Waals surface area contributed by atoms with Gasteiger partial charge in [0.2, 0.25) is 0 Å². The molecule has 2 rings (SSSR count). The molecule has 1 N–H and O–H groups in total. The Kier molecular flexibility index (Phi) is 8.21. The molecule has 0 radical (unpaired) electrons. The van der Waals surface area contributed by atoms with Crippen molar-refractivity contribution in [1.29, 1.82) is 0 Å². The topological polar surface area (TPSA) is 55.2 Å². The molecule has 0 saturated heterocycles. The van der Waals surface area contributed by atoms with Crippen molar-refractivity contribution in [3.63, 3.8) is 0 Å². The van der Waals surface area contributed by atoms with E-state index in [-0.39, 0.29) is 6.61 Å². The van der Waals surface area contributed by atoms with Crippen molar-refractivity contribution in [2.24, 2.45) is 10.3 Å². The first-order chi connectivity index (χ1) is 13.9. The molecule has 0 aliphatic rings. The molecule has 0 unspecified atom stereocenters. The monoisotopic (exact) mass is 407 g/mol. The van der Waals surface area contributed by atoms with Gasteiger partial charge < -0.3 is 15.0 Å². The van der Waals surface area contributed by atoms with E-state index in [2.05, 4.69) is 15.6 Å². The molecule has 0 bridgehead atoms. The van der Waals surface area contributed by atoms with Crippen molar-refractivity contribution < 1.29 is 22.8 Å². The average Bonchev–Trinajstić information content (AvgIpc) is 2.71. The Labute approximate surface area is 168 Å². The van der Waals surface area contributed by atoms with Crippen LogP contribution in [0.15, 0.2) is 58.8 Å². The number of halogens is 3. The van der Waals surface area contributed by atoms with E-state index in [9.17, 15) is 13.2 Å². The minimum absolute atomic E-state index is 0.140. The van der Waals surface area contributed by atoms with Gasteiger partial charge in [0.1, 0.15) is 18.9 Å². The minimum Gasteiger partial charge on any atom is -0.396 e. The highest BCUT2D eigenvalue weighted by atomic mass is 19.4. The highest BCUT2D eigenvalue weighted by Crippen LogP contribution is 2.29. The standard InChI is InChI=1S/C21H24F3N3O2/c1-4-28-27-20(13-25-3)19-11-6-5-8-17(19)14-29-26-15(2)16-9-7-10-18(12-16)21(22,23)24/h5-12,25H,4,13-14H2,1-3H3/b26-15+,27-20-. The van der Waals surface area contributed by atoms with E-state index in [1.165, 1.54) is 6.07 Å². The van der Waals surface area contributed by atoms with E-state index in [4.69, 9.17) is 9.68 Å². The van der Waals surface area contributed by atoms with Gasteiger partial charge in [0, 0.05) is 17.7 Å². The Balaban J connectivity index is 2.16. The molecule has 2 aromatic rings. The van der Waals surface area contributed by atoms with Gasteiger partial charge in [-0.05, 0) is 38.6 Å². The predicted octanol–water partition coefficient (Wildman–Crippen LogP) is 4.61. The molecule has 0 fully saturated rings. The number of hydrogen-bond donors (Lipinski definition) is 1. The van der Waals surface area contributed by atoms with Crippen molar-refractivity contribution in [3.05, 3.63) is 70.8 Å². The summed E-state index contributed by atoms with van der Waals surface area (Å²) in [4.78, 5) is 10.6. The summed E-state index contributed by atoms with van der Waals surface area (Å²) in [6.45, 7) is 4.54. The molecule has 0 aromatic heterocycles. The Bertz CT molecular complexity index is 864. The number of hydrogen-bond acceptors (Lipinski definition) is 5. The SMILES string of the molecule is CCO/N=C(/CNC)c1ccccc1CO/N=C(\C)c1cccc(C(F)(F)F)c1. The Morgan fingerprint density at radius 1 is 1.03 bits per heavy atom. The molecule has 0 heterocycles. The number of nitrogens with zero attached hydrogens (tertiary/aromatic N) is 2. The molecule has 0 atom stereocenters. The first-order valence-corrected chi connectivity index (χ1v) is 9.12. The van der Waals surface area contributed by atoms with Crippen LogP contribution in [0.5, 0.6) is 0 Å². The van der Waals surface area contributed by atoms with Gasteiger partial charge in [-0.3, -0.25) is 0 Å². The van der Waals surface area contributed by atoms with Crippen LogP contribution < -0.4 is 5.32 Å². The van der Waals surface area contributed by atoms with E-state index in [0.29, 0.717) is 30.1 Å². The largest absolute Gasteiger partial charge is 0.416 e. The second-order valence-corrected chi connectivity index (χ2v) is 6.17. The number of benzene rings is 2. The molecule has 0 saturated carbocycles. The van der Waals surface area contributed by atoms with Crippen LogP contribution in [0.25, 0.3) is 0 Å². The first-order valence-electron chi connectivity index (χ1n) is 9.12. The molecule has 0 aliphatic heterocycles. The fourth-order valence-electron chi connectivity index (χ4n) is 2.59. The summed E-state index contributed by atoms with van der Waals surface area (Å²) in [5.74, 6) is 0. The van der Waals surface area contributed by atoms with Crippen molar-refractivity contribution in [2.75, 3.05) is 20.2 Å². The molecular formula is C21H24F3N3O2. The van der Waals surface area contributed by atoms with Gasteiger partial charge in [0.25, 0.3) is 0 Å². The van der Waals surface area contributed by atoms with Gasteiger partial charge in [-0.1, -0.05) is 46.7 Å². The lowest BCUT2D eigenvalue weighted by atomic mass is 10.0. The number of nitrogens with one attached hydrogen (secondary N) is 1. The second-order valence-electron chi connectivity index (χ2n) is 6.17. The average molecular weight is 407 g/mol. The molecule has 2 aromatic carbocycles. The minimum atomic E-state index is -4.40. The Morgan fingerprint density at radius 3 is 2.48 bits per heavy atom. The van der Waals surface area contributed by atoms with Crippen LogP contribution in [-0.4, -0.2) is 31.6 Å². The Hall–Kier alpha value is -2.87. The third kappa shape index (κ3) is 6.60. The smallest absolute Gasteiger partial charge is 0.396 e. The van der Waals surface area contributed by atoms with Crippen LogP contribution in [0.1, 0.15) is 36.1 Å². The molecule has 8 heteroatoms. The van der Waals surface area contributed by atoms with E-state index in [1.54, 1.807) is 13.0 Å². The van der Waals surface area contributed by atoms with Crippen LogP contribution >= 0.6 is 0 Å². The van der Waals surface area contributed by atoms with Crippen molar-refractivity contribution in [3.8, 4) is 0 Å². The molecular weight excluding hydrogens is 383 g/mol. The zero-order valence-electron chi connectivity index (χ0n) is 16.6. The summed E-state index contributed by atoms with van der Waals surface area (Å²) >= 11 is 0. The van der Waals surface area contributed by atoms with E-state index < -0.39 is 11.7 Å². The number of rotatable bonds is 9. The third-order valence-corrected chi connectivity index (χ3v) is 4.01. The summed E-state index contributed by atoms with van der Waals surface area (Å²) in [5, 5.41) is 11.2. The molecule has 0 aliphatic carbocycles. The number of oxime groups is 2. The fourth-order valence-corrected chi connectivity index (χ4v) is 2.59. The number of likely N-dealkylation sites (N-methyl/N-ethyl adjacent to an activating group) is 1. The molecule has 0 amide bonds. The number of alkyl halides is 3. The van der Waals surface area contributed by atoms with Gasteiger partial charge in [-0.15, -0.1) is 0 Å². The predicted molar refractivity (Wildman–Crippen MR) is 107 cm³/mol. The van der Waals surface area contributed by atoms with Crippen LogP contribution in [0.2, 0.25) is 0 Å². The maximum atomic E-state index is 12.9. The van der Waals surface area contributed by atoms with Crippen molar-refractivity contribution >= 4 is 11.4 Å². The molecule has 0 spiro atoms. The maximum absolute atomic E-state index is 12.9. The summed E-state index contributed by atoms with van der Waals surface area (Å²) in [6.07, 6.45) is -4.40. The van der Waals surface area contributed by atoms with E-state index in [0.717, 1.165) is 23.3 Å². The quantitative estimate of drug-likeness (QED) is 0.488. The second kappa shape index (κ2) is 10.6. The van der Waals surface area contributed by atoms with Gasteiger partial charge in [-0.2, -0.15) is 13.2 Å². The third-order valence-electron chi connectivity index (χ3n) is 4.01. The van der Waals surface area contributed by atoms with Crippen LogP contribution in [0.3, 0.4) is 0 Å². The zero-order chi connectivity index (χ0) is 21.3. The van der Waals surface area contributed by atoms with Gasteiger partial charge in [0.15, 0.2) is 0 Å². The van der Waals surface area contributed by atoms with Crippen molar-refractivity contribution in [1.82, 2.24) is 5.32 Å². The highest BCUT2D eigenvalue weighted by Gasteiger charge is 2.30. The normalized spacial score (nSPS) is 12.8. The molecule has 5 nitrogen and oxygen atoms in total. The summed E-state index contributed by atoms with van der Waals surface area (Å²) in [6, 6.07) is 12.5. The lowest BCUT2D eigenvalue weighted by molar-refractivity contribution is -0.137.